The van der Waals surface area contributed by atoms with Crippen LogP contribution in [-0.4, -0.2) is 12.1 Å². The van der Waals surface area contributed by atoms with Crippen LogP contribution in [0.2, 0.25) is 10.0 Å². The SMILES string of the molecule is COc1cc2c(Nc3ccc(Cl)cc3Cl)c(C#N)cnc2cc1F. The molecule has 0 aliphatic rings. The summed E-state index contributed by atoms with van der Waals surface area (Å²) in [5.41, 5.74) is 1.71. The molecule has 0 saturated heterocycles. The first-order valence-corrected chi connectivity index (χ1v) is 7.57. The number of methoxy groups -OCH3 is 1. The molecule has 0 aliphatic carbocycles. The van der Waals surface area contributed by atoms with Crippen LogP contribution >= 0.6 is 23.2 Å². The van der Waals surface area contributed by atoms with Crippen LogP contribution in [0, 0.1) is 17.1 Å². The van der Waals surface area contributed by atoms with Crippen molar-refractivity contribution in [3.05, 3.63) is 58.0 Å². The van der Waals surface area contributed by atoms with Gasteiger partial charge in [-0.05, 0) is 24.3 Å². The van der Waals surface area contributed by atoms with Gasteiger partial charge in [0, 0.05) is 22.7 Å². The number of anilines is 2. The maximum Gasteiger partial charge on any atom is 0.167 e. The Morgan fingerprint density at radius 1 is 1.25 bits per heavy atom. The normalized spacial score (nSPS) is 10.5. The largest absolute Gasteiger partial charge is 0.494 e. The number of halogens is 3. The minimum atomic E-state index is -0.530. The van der Waals surface area contributed by atoms with Crippen molar-refractivity contribution in [3.8, 4) is 11.8 Å². The first kappa shape index (κ1) is 16.3. The van der Waals surface area contributed by atoms with Crippen LogP contribution in [-0.2, 0) is 0 Å². The molecule has 0 amide bonds. The van der Waals surface area contributed by atoms with Crippen LogP contribution in [0.5, 0.6) is 5.75 Å². The van der Waals surface area contributed by atoms with Crippen LogP contribution in [0.25, 0.3) is 10.9 Å². The molecule has 120 valence electrons. The smallest absolute Gasteiger partial charge is 0.167 e. The summed E-state index contributed by atoms with van der Waals surface area (Å²) in [5.74, 6) is -0.470. The van der Waals surface area contributed by atoms with Crippen molar-refractivity contribution in [2.24, 2.45) is 0 Å². The predicted molar refractivity (Wildman–Crippen MR) is 92.7 cm³/mol. The Morgan fingerprint density at radius 2 is 2.04 bits per heavy atom. The lowest BCUT2D eigenvalue weighted by atomic mass is 10.1. The summed E-state index contributed by atoms with van der Waals surface area (Å²) < 4.78 is 18.9. The number of nitriles is 1. The first-order chi connectivity index (χ1) is 11.5. The summed E-state index contributed by atoms with van der Waals surface area (Å²) in [5, 5.41) is 13.9. The quantitative estimate of drug-likeness (QED) is 0.687. The number of hydrogen-bond donors (Lipinski definition) is 1. The summed E-state index contributed by atoms with van der Waals surface area (Å²) in [4.78, 5) is 4.11. The molecule has 3 aromatic rings. The van der Waals surface area contributed by atoms with E-state index in [0.29, 0.717) is 37.9 Å². The Bertz CT molecular complexity index is 986. The van der Waals surface area contributed by atoms with E-state index >= 15 is 0 Å². The van der Waals surface area contributed by atoms with E-state index in [1.54, 1.807) is 18.2 Å². The van der Waals surface area contributed by atoms with E-state index in [1.807, 2.05) is 0 Å². The standard InChI is InChI=1S/C17H10Cl2FN3O/c1-24-16-5-11-15(6-13(16)20)22-8-9(7-21)17(11)23-14-3-2-10(18)4-12(14)19/h2-6,8H,1H3,(H,22,23). The maximum absolute atomic E-state index is 13.9. The summed E-state index contributed by atoms with van der Waals surface area (Å²) >= 11 is 12.1. The lowest BCUT2D eigenvalue weighted by Gasteiger charge is -2.14. The number of hydrogen-bond acceptors (Lipinski definition) is 4. The molecule has 0 spiro atoms. The predicted octanol–water partition coefficient (Wildman–Crippen LogP) is 5.30. The van der Waals surface area contributed by atoms with Gasteiger partial charge in [-0.2, -0.15) is 5.26 Å². The average Bonchev–Trinajstić information content (AvgIpc) is 2.56. The van der Waals surface area contributed by atoms with Crippen LogP contribution in [0.15, 0.2) is 36.5 Å². The van der Waals surface area contributed by atoms with Gasteiger partial charge in [0.05, 0.1) is 34.6 Å². The van der Waals surface area contributed by atoms with E-state index in [1.165, 1.54) is 25.4 Å². The molecule has 2 aromatic carbocycles. The highest BCUT2D eigenvalue weighted by Crippen LogP contribution is 2.35. The fraction of sp³-hybridized carbons (Fsp3) is 0.0588. The molecule has 0 atom stereocenters. The first-order valence-electron chi connectivity index (χ1n) is 6.82. The Balaban J connectivity index is 2.22. The summed E-state index contributed by atoms with van der Waals surface area (Å²) in [6.45, 7) is 0. The fourth-order valence-corrected chi connectivity index (χ4v) is 2.75. The highest BCUT2D eigenvalue weighted by atomic mass is 35.5. The molecule has 0 unspecified atom stereocenters. The van der Waals surface area contributed by atoms with Gasteiger partial charge < -0.3 is 10.1 Å². The second-order valence-electron chi connectivity index (χ2n) is 4.91. The molecule has 0 radical (unpaired) electrons. The molecule has 0 bridgehead atoms. The van der Waals surface area contributed by atoms with Crippen molar-refractivity contribution in [2.45, 2.75) is 0 Å². The minimum absolute atomic E-state index is 0.0599. The van der Waals surface area contributed by atoms with Gasteiger partial charge in [-0.25, -0.2) is 4.39 Å². The fourth-order valence-electron chi connectivity index (χ4n) is 2.30. The summed E-state index contributed by atoms with van der Waals surface area (Å²) in [6, 6.07) is 9.76. The van der Waals surface area contributed by atoms with Gasteiger partial charge in [-0.3, -0.25) is 4.98 Å². The third-order valence-corrected chi connectivity index (χ3v) is 4.00. The van der Waals surface area contributed by atoms with Crippen LogP contribution < -0.4 is 10.1 Å². The molecule has 4 nitrogen and oxygen atoms in total. The van der Waals surface area contributed by atoms with Gasteiger partial charge in [0.1, 0.15) is 6.07 Å². The number of nitrogens with zero attached hydrogens (tertiary/aromatic N) is 2. The van der Waals surface area contributed by atoms with Gasteiger partial charge in [0.2, 0.25) is 0 Å². The van der Waals surface area contributed by atoms with E-state index in [-0.39, 0.29) is 5.75 Å². The third-order valence-electron chi connectivity index (χ3n) is 3.45. The molecule has 0 aliphatic heterocycles. The molecule has 3 rings (SSSR count). The highest BCUT2D eigenvalue weighted by Gasteiger charge is 2.14. The Kier molecular flexibility index (Phi) is 4.43. The maximum atomic E-state index is 13.9. The number of rotatable bonds is 3. The number of fused-ring (bicyclic) bond motifs is 1. The van der Waals surface area contributed by atoms with E-state index in [0.717, 1.165) is 0 Å². The number of aromatic nitrogens is 1. The van der Waals surface area contributed by atoms with E-state index in [2.05, 4.69) is 16.4 Å². The van der Waals surface area contributed by atoms with E-state index < -0.39 is 5.82 Å². The number of pyridine rings is 1. The number of benzene rings is 2. The second-order valence-corrected chi connectivity index (χ2v) is 5.76. The Labute approximate surface area is 147 Å². The summed E-state index contributed by atoms with van der Waals surface area (Å²) in [7, 11) is 1.37. The van der Waals surface area contributed by atoms with Crippen LogP contribution in [0.4, 0.5) is 15.8 Å². The van der Waals surface area contributed by atoms with Crippen molar-refractivity contribution < 1.29 is 9.13 Å². The van der Waals surface area contributed by atoms with E-state index in [9.17, 15) is 9.65 Å². The van der Waals surface area contributed by atoms with Gasteiger partial charge in [-0.15, -0.1) is 0 Å². The third kappa shape index (κ3) is 2.94. The van der Waals surface area contributed by atoms with Crippen molar-refractivity contribution in [3.63, 3.8) is 0 Å². The lowest BCUT2D eigenvalue weighted by Crippen LogP contribution is -1.99. The minimum Gasteiger partial charge on any atom is -0.494 e. The Morgan fingerprint density at radius 3 is 2.71 bits per heavy atom. The zero-order chi connectivity index (χ0) is 17.3. The number of nitrogens with one attached hydrogen (secondary N) is 1. The average molecular weight is 362 g/mol. The van der Waals surface area contributed by atoms with Gasteiger partial charge in [-0.1, -0.05) is 23.2 Å². The molecular weight excluding hydrogens is 352 g/mol. The molecule has 7 heteroatoms. The van der Waals surface area contributed by atoms with E-state index in [4.69, 9.17) is 27.9 Å². The van der Waals surface area contributed by atoms with Gasteiger partial charge in [0.15, 0.2) is 11.6 Å². The molecule has 1 aromatic heterocycles. The topological polar surface area (TPSA) is 57.9 Å². The van der Waals surface area contributed by atoms with Gasteiger partial charge >= 0.3 is 0 Å². The lowest BCUT2D eigenvalue weighted by molar-refractivity contribution is 0.387. The van der Waals surface area contributed by atoms with Crippen molar-refractivity contribution in [1.29, 1.82) is 5.26 Å². The monoisotopic (exact) mass is 361 g/mol. The van der Waals surface area contributed by atoms with Crippen molar-refractivity contribution in [2.75, 3.05) is 12.4 Å². The van der Waals surface area contributed by atoms with Gasteiger partial charge in [0.25, 0.3) is 0 Å². The molecule has 1 N–H and O–H groups in total. The Hall–Kier alpha value is -2.55. The summed E-state index contributed by atoms with van der Waals surface area (Å²) in [6.07, 6.45) is 1.38. The second kappa shape index (κ2) is 6.52. The van der Waals surface area contributed by atoms with Crippen LogP contribution in [0.3, 0.4) is 0 Å². The van der Waals surface area contributed by atoms with Crippen molar-refractivity contribution in [1.82, 2.24) is 4.98 Å². The number of ether oxygens (including phenoxy) is 1. The highest BCUT2D eigenvalue weighted by molar-refractivity contribution is 6.36. The molecular formula is C17H10Cl2FN3O. The molecule has 1 heterocycles. The molecule has 0 fully saturated rings. The zero-order valence-electron chi connectivity index (χ0n) is 12.4. The van der Waals surface area contributed by atoms with Crippen LogP contribution in [0.1, 0.15) is 5.56 Å². The van der Waals surface area contributed by atoms with Crippen molar-refractivity contribution >= 4 is 45.5 Å². The molecule has 24 heavy (non-hydrogen) atoms. The molecule has 0 saturated carbocycles. The zero-order valence-corrected chi connectivity index (χ0v) is 13.9.